The van der Waals surface area contributed by atoms with E-state index in [1.807, 2.05) is 6.92 Å². The van der Waals surface area contributed by atoms with E-state index in [0.717, 1.165) is 0 Å². The van der Waals surface area contributed by atoms with Crippen molar-refractivity contribution in [3.05, 3.63) is 78.6 Å². The second kappa shape index (κ2) is 6.21. The molecule has 0 radical (unpaired) electrons. The van der Waals surface area contributed by atoms with Gasteiger partial charge >= 0.3 is 0 Å². The molecule has 2 aromatic rings. The first-order chi connectivity index (χ1) is 8.42. The van der Waals surface area contributed by atoms with Crippen molar-refractivity contribution >= 4 is 10.9 Å². The third kappa shape index (κ3) is 3.18. The molecule has 17 heavy (non-hydrogen) atoms. The standard InChI is InChI=1S/C16H16S/c1-2-3-14-17(15-10-6-4-7-11-15)16-12-8-5-9-13-16/h2-14H,1H3/b3-2+. The fourth-order valence-electron chi connectivity index (χ4n) is 1.58. The Bertz CT molecular complexity index is 420. The van der Waals surface area contributed by atoms with Gasteiger partial charge in [0.05, 0.1) is 0 Å². The van der Waals surface area contributed by atoms with Crippen molar-refractivity contribution in [1.82, 2.24) is 0 Å². The third-order valence-electron chi connectivity index (χ3n) is 2.40. The predicted molar refractivity (Wildman–Crippen MR) is 75.9 cm³/mol. The average Bonchev–Trinajstić information content (AvgIpc) is 2.42. The molecular weight excluding hydrogens is 224 g/mol. The highest BCUT2D eigenvalue weighted by molar-refractivity contribution is 7.99. The molecule has 0 saturated carbocycles. The first-order valence-corrected chi connectivity index (χ1v) is 7.00. The summed E-state index contributed by atoms with van der Waals surface area (Å²) in [5.41, 5.74) is 0. The smallest absolute Gasteiger partial charge is 0.148 e. The first-order valence-electron chi connectivity index (χ1n) is 5.71. The van der Waals surface area contributed by atoms with Crippen molar-refractivity contribution in [2.75, 3.05) is 0 Å². The first kappa shape index (κ1) is 11.9. The van der Waals surface area contributed by atoms with E-state index in [1.54, 1.807) is 0 Å². The van der Waals surface area contributed by atoms with E-state index in [-0.39, 0.29) is 10.9 Å². The molecule has 0 fully saturated rings. The Kier molecular flexibility index (Phi) is 4.34. The molecule has 0 aliphatic heterocycles. The summed E-state index contributed by atoms with van der Waals surface area (Å²) in [7, 11) is 0.0371. The second-order valence-corrected chi connectivity index (χ2v) is 5.52. The quantitative estimate of drug-likeness (QED) is 0.546. The molecule has 0 saturated heterocycles. The SMILES string of the molecule is C/C=C/[CH-][S+](c1ccccc1)c1ccccc1. The molecule has 0 heterocycles. The molecule has 0 spiro atoms. The van der Waals surface area contributed by atoms with E-state index >= 15 is 0 Å². The van der Waals surface area contributed by atoms with E-state index in [1.165, 1.54) is 9.79 Å². The highest BCUT2D eigenvalue weighted by Crippen LogP contribution is 2.25. The molecule has 86 valence electrons. The molecule has 0 aromatic heterocycles. The van der Waals surface area contributed by atoms with Gasteiger partial charge in [-0.15, -0.1) is 6.92 Å². The van der Waals surface area contributed by atoms with Gasteiger partial charge in [0.15, 0.2) is 0 Å². The lowest BCUT2D eigenvalue weighted by molar-refractivity contribution is 1.38. The Morgan fingerprint density at radius 2 is 1.29 bits per heavy atom. The van der Waals surface area contributed by atoms with Crippen LogP contribution in [0, 0.1) is 5.75 Å². The molecule has 0 amide bonds. The lowest BCUT2D eigenvalue weighted by Gasteiger charge is -2.10. The van der Waals surface area contributed by atoms with Crippen LogP contribution in [0.4, 0.5) is 0 Å². The maximum atomic E-state index is 2.27. The zero-order valence-corrected chi connectivity index (χ0v) is 10.7. The molecule has 0 aliphatic carbocycles. The van der Waals surface area contributed by atoms with Gasteiger partial charge in [-0.05, 0) is 30.0 Å². The summed E-state index contributed by atoms with van der Waals surface area (Å²) < 4.78 is 0. The van der Waals surface area contributed by atoms with Crippen molar-refractivity contribution in [3.8, 4) is 0 Å². The van der Waals surface area contributed by atoms with Gasteiger partial charge in [-0.2, -0.15) is 6.08 Å². The molecule has 0 aliphatic rings. The van der Waals surface area contributed by atoms with Crippen LogP contribution in [0.3, 0.4) is 0 Å². The van der Waals surface area contributed by atoms with Gasteiger partial charge in [0, 0.05) is 10.9 Å². The Morgan fingerprint density at radius 1 is 0.824 bits per heavy atom. The molecule has 0 N–H and O–H groups in total. The number of benzene rings is 2. The molecule has 2 rings (SSSR count). The molecule has 0 nitrogen and oxygen atoms in total. The van der Waals surface area contributed by atoms with Crippen LogP contribution in [0.15, 0.2) is 82.6 Å². The number of hydrogen-bond acceptors (Lipinski definition) is 0. The molecule has 1 heteroatoms. The van der Waals surface area contributed by atoms with Gasteiger partial charge in [0.25, 0.3) is 0 Å². The minimum Gasteiger partial charge on any atom is -0.229 e. The zero-order chi connectivity index (χ0) is 11.9. The maximum Gasteiger partial charge on any atom is 0.148 e. The van der Waals surface area contributed by atoms with Gasteiger partial charge in [0.1, 0.15) is 9.79 Å². The van der Waals surface area contributed by atoms with Crippen molar-refractivity contribution in [3.63, 3.8) is 0 Å². The van der Waals surface area contributed by atoms with Crippen LogP contribution < -0.4 is 0 Å². The summed E-state index contributed by atoms with van der Waals surface area (Å²) in [5, 5.41) is 0. The van der Waals surface area contributed by atoms with Crippen LogP contribution in [0.5, 0.6) is 0 Å². The van der Waals surface area contributed by atoms with Gasteiger partial charge in [0.2, 0.25) is 0 Å². The lowest BCUT2D eigenvalue weighted by atomic mass is 10.4. The van der Waals surface area contributed by atoms with Gasteiger partial charge in [-0.25, -0.2) is 6.08 Å². The van der Waals surface area contributed by atoms with Crippen LogP contribution in [-0.2, 0) is 10.9 Å². The van der Waals surface area contributed by atoms with Gasteiger partial charge < -0.3 is 0 Å². The summed E-state index contributed by atoms with van der Waals surface area (Å²) in [6.07, 6.45) is 4.20. The van der Waals surface area contributed by atoms with Crippen LogP contribution >= 0.6 is 0 Å². The molecule has 0 atom stereocenters. The van der Waals surface area contributed by atoms with Gasteiger partial charge in [-0.1, -0.05) is 36.4 Å². The number of rotatable bonds is 4. The van der Waals surface area contributed by atoms with Crippen molar-refractivity contribution in [2.45, 2.75) is 16.7 Å². The molecule has 0 unspecified atom stereocenters. The summed E-state index contributed by atoms with van der Waals surface area (Å²) >= 11 is 0. The predicted octanol–water partition coefficient (Wildman–Crippen LogP) is 4.46. The topological polar surface area (TPSA) is 0 Å². The number of allylic oxidation sites excluding steroid dienone is 1. The highest BCUT2D eigenvalue weighted by atomic mass is 32.2. The Hall–Kier alpha value is -1.60. The van der Waals surface area contributed by atoms with E-state index in [9.17, 15) is 0 Å². The van der Waals surface area contributed by atoms with E-state index in [2.05, 4.69) is 78.6 Å². The van der Waals surface area contributed by atoms with Crippen molar-refractivity contribution < 1.29 is 0 Å². The van der Waals surface area contributed by atoms with E-state index < -0.39 is 0 Å². The van der Waals surface area contributed by atoms with Crippen LogP contribution in [0.2, 0.25) is 0 Å². The monoisotopic (exact) mass is 240 g/mol. The largest absolute Gasteiger partial charge is 0.229 e. The molecule has 0 bridgehead atoms. The van der Waals surface area contributed by atoms with E-state index in [4.69, 9.17) is 0 Å². The molecular formula is C16H16S. The fraction of sp³-hybridized carbons (Fsp3) is 0.0625. The Balaban J connectivity index is 2.32. The average molecular weight is 240 g/mol. The fourth-order valence-corrected chi connectivity index (χ4v) is 3.39. The van der Waals surface area contributed by atoms with Crippen molar-refractivity contribution in [2.24, 2.45) is 0 Å². The van der Waals surface area contributed by atoms with Gasteiger partial charge in [-0.3, -0.25) is 0 Å². The summed E-state index contributed by atoms with van der Waals surface area (Å²) in [4.78, 5) is 2.72. The summed E-state index contributed by atoms with van der Waals surface area (Å²) in [6, 6.07) is 21.3. The second-order valence-electron chi connectivity index (χ2n) is 3.63. The Labute approximate surface area is 106 Å². The minimum absolute atomic E-state index is 0.0371. The van der Waals surface area contributed by atoms with Crippen LogP contribution in [-0.4, -0.2) is 0 Å². The van der Waals surface area contributed by atoms with Crippen molar-refractivity contribution in [1.29, 1.82) is 0 Å². The highest BCUT2D eigenvalue weighted by Gasteiger charge is 2.18. The normalized spacial score (nSPS) is 10.9. The van der Waals surface area contributed by atoms with Crippen LogP contribution in [0.25, 0.3) is 0 Å². The van der Waals surface area contributed by atoms with E-state index in [0.29, 0.717) is 0 Å². The minimum atomic E-state index is 0.0371. The summed E-state index contributed by atoms with van der Waals surface area (Å²) in [6.45, 7) is 2.05. The zero-order valence-electron chi connectivity index (χ0n) is 9.91. The summed E-state index contributed by atoms with van der Waals surface area (Å²) in [5.74, 6) is 2.27. The van der Waals surface area contributed by atoms with Crippen LogP contribution in [0.1, 0.15) is 6.92 Å². The lowest BCUT2D eigenvalue weighted by Crippen LogP contribution is -2.02. The number of hydrogen-bond donors (Lipinski definition) is 0. The maximum absolute atomic E-state index is 2.27. The third-order valence-corrected chi connectivity index (χ3v) is 4.39. The molecule has 2 aromatic carbocycles. The Morgan fingerprint density at radius 3 is 1.71 bits per heavy atom.